The molecule has 1 saturated heterocycles. The molecule has 3 heterocycles. The van der Waals surface area contributed by atoms with E-state index in [-0.39, 0.29) is 47.6 Å². The molecule has 5 rings (SSSR count). The molecule has 3 fully saturated rings. The van der Waals surface area contributed by atoms with Crippen molar-refractivity contribution < 1.29 is 18.8 Å². The summed E-state index contributed by atoms with van der Waals surface area (Å²) in [5.41, 5.74) is 0.256. The highest BCUT2D eigenvalue weighted by atomic mass is 32.2. The van der Waals surface area contributed by atoms with Crippen molar-refractivity contribution in [2.24, 2.45) is 23.7 Å². The molecular weight excluding hydrogens is 489 g/mol. The Morgan fingerprint density at radius 2 is 1.76 bits per heavy atom. The van der Waals surface area contributed by atoms with Crippen molar-refractivity contribution in [2.75, 3.05) is 16.4 Å². The standard InChI is InChI=1S/C29H40FN3O3S/c1-18-2-4-19(5-3-18)14-26(34)32-22-8-6-20(7-9-22)24-16-27(35)33(23-10-12-37-13-11-23)29-25(28(24)36)15-21(30)17-31-29/h15,17-20,22-24H,2-14,16H2,1H3,(H,32,34). The molecule has 1 unspecified atom stereocenters. The smallest absolute Gasteiger partial charge is 0.229 e. The Morgan fingerprint density at radius 3 is 2.46 bits per heavy atom. The predicted octanol–water partition coefficient (Wildman–Crippen LogP) is 5.54. The number of amides is 2. The average molecular weight is 530 g/mol. The maximum atomic E-state index is 14.2. The fourth-order valence-electron chi connectivity index (χ4n) is 6.95. The van der Waals surface area contributed by atoms with Gasteiger partial charge in [0.25, 0.3) is 0 Å². The van der Waals surface area contributed by atoms with Gasteiger partial charge in [-0.1, -0.05) is 19.8 Å². The Labute approximate surface area is 223 Å². The summed E-state index contributed by atoms with van der Waals surface area (Å²) in [6, 6.07) is 1.42. The summed E-state index contributed by atoms with van der Waals surface area (Å²) in [6.07, 6.45) is 11.5. The monoisotopic (exact) mass is 529 g/mol. The van der Waals surface area contributed by atoms with Crippen molar-refractivity contribution in [3.05, 3.63) is 23.6 Å². The van der Waals surface area contributed by atoms with Crippen molar-refractivity contribution in [1.29, 1.82) is 0 Å². The van der Waals surface area contributed by atoms with Crippen LogP contribution in [0.1, 0.15) is 94.3 Å². The van der Waals surface area contributed by atoms with Gasteiger partial charge in [0.2, 0.25) is 11.8 Å². The van der Waals surface area contributed by atoms with E-state index in [0.29, 0.717) is 18.2 Å². The molecule has 0 radical (unpaired) electrons. The number of halogens is 1. The molecular formula is C29H40FN3O3S. The molecule has 202 valence electrons. The van der Waals surface area contributed by atoms with Crippen LogP contribution >= 0.6 is 11.8 Å². The van der Waals surface area contributed by atoms with Crippen molar-refractivity contribution in [3.63, 3.8) is 0 Å². The van der Waals surface area contributed by atoms with E-state index in [1.165, 1.54) is 18.9 Å². The van der Waals surface area contributed by atoms with Crippen molar-refractivity contribution in [1.82, 2.24) is 10.3 Å². The van der Waals surface area contributed by atoms with Gasteiger partial charge < -0.3 is 5.32 Å². The van der Waals surface area contributed by atoms with E-state index in [2.05, 4.69) is 17.2 Å². The maximum absolute atomic E-state index is 14.2. The van der Waals surface area contributed by atoms with Crippen molar-refractivity contribution >= 4 is 35.2 Å². The normalized spacial score (nSPS) is 31.5. The van der Waals surface area contributed by atoms with Crippen LogP contribution in [0.2, 0.25) is 0 Å². The van der Waals surface area contributed by atoms with Gasteiger partial charge in [0.15, 0.2) is 5.78 Å². The highest BCUT2D eigenvalue weighted by molar-refractivity contribution is 7.99. The Morgan fingerprint density at radius 1 is 1.05 bits per heavy atom. The van der Waals surface area contributed by atoms with E-state index in [1.54, 1.807) is 4.90 Å². The molecule has 2 aliphatic heterocycles. The van der Waals surface area contributed by atoms with E-state index in [1.807, 2.05) is 11.8 Å². The first kappa shape index (κ1) is 26.6. The molecule has 37 heavy (non-hydrogen) atoms. The Kier molecular flexibility index (Phi) is 8.52. The summed E-state index contributed by atoms with van der Waals surface area (Å²) in [5.74, 6) is 2.56. The van der Waals surface area contributed by atoms with E-state index < -0.39 is 11.7 Å². The van der Waals surface area contributed by atoms with Crippen LogP contribution in [0, 0.1) is 29.5 Å². The molecule has 1 N–H and O–H groups in total. The first-order valence-electron chi connectivity index (χ1n) is 14.3. The third-order valence-corrected chi connectivity index (χ3v) is 10.2. The zero-order valence-corrected chi connectivity index (χ0v) is 22.7. The molecule has 8 heteroatoms. The zero-order chi connectivity index (χ0) is 25.9. The fraction of sp³-hybridized carbons (Fsp3) is 0.724. The summed E-state index contributed by atoms with van der Waals surface area (Å²) < 4.78 is 14.2. The second-order valence-electron chi connectivity index (χ2n) is 11.8. The zero-order valence-electron chi connectivity index (χ0n) is 21.9. The molecule has 2 aliphatic carbocycles. The van der Waals surface area contributed by atoms with Gasteiger partial charge >= 0.3 is 0 Å². The number of anilines is 1. The van der Waals surface area contributed by atoms with Gasteiger partial charge in [-0.05, 0) is 86.7 Å². The minimum absolute atomic E-state index is 0.00957. The summed E-state index contributed by atoms with van der Waals surface area (Å²) in [7, 11) is 0. The van der Waals surface area contributed by atoms with Crippen molar-refractivity contribution in [2.45, 2.75) is 96.1 Å². The van der Waals surface area contributed by atoms with Crippen LogP contribution in [0.25, 0.3) is 0 Å². The van der Waals surface area contributed by atoms with E-state index in [9.17, 15) is 18.8 Å². The van der Waals surface area contributed by atoms with Crippen LogP contribution in [0.3, 0.4) is 0 Å². The molecule has 4 aliphatic rings. The summed E-state index contributed by atoms with van der Waals surface area (Å²) in [4.78, 5) is 45.9. The molecule has 0 aromatic carbocycles. The third-order valence-electron chi connectivity index (χ3n) is 9.20. The fourth-order valence-corrected chi connectivity index (χ4v) is 8.03. The lowest BCUT2D eigenvalue weighted by molar-refractivity contribution is -0.123. The lowest BCUT2D eigenvalue weighted by atomic mass is 9.74. The number of Topliss-reactive ketones (excluding diaryl/α,β-unsaturated/α-hetero) is 1. The van der Waals surface area contributed by atoms with Gasteiger partial charge in [0.05, 0.1) is 11.8 Å². The van der Waals surface area contributed by atoms with Gasteiger partial charge in [-0.25, -0.2) is 9.37 Å². The van der Waals surface area contributed by atoms with Gasteiger partial charge in [-0.15, -0.1) is 0 Å². The third kappa shape index (κ3) is 6.21. The molecule has 2 amide bonds. The minimum Gasteiger partial charge on any atom is -0.353 e. The van der Waals surface area contributed by atoms with Crippen LogP contribution in [-0.4, -0.2) is 46.2 Å². The van der Waals surface area contributed by atoms with Gasteiger partial charge in [-0.2, -0.15) is 11.8 Å². The van der Waals surface area contributed by atoms with E-state index in [4.69, 9.17) is 0 Å². The second-order valence-corrected chi connectivity index (χ2v) is 13.0. The van der Waals surface area contributed by atoms with Gasteiger partial charge in [0.1, 0.15) is 11.6 Å². The van der Waals surface area contributed by atoms with Crippen LogP contribution in [0.4, 0.5) is 10.2 Å². The number of nitrogens with one attached hydrogen (secondary N) is 1. The minimum atomic E-state index is -0.543. The molecule has 1 aromatic heterocycles. The Hall–Kier alpha value is -1.96. The lowest BCUT2D eigenvalue weighted by Gasteiger charge is -2.34. The maximum Gasteiger partial charge on any atom is 0.229 e. The lowest BCUT2D eigenvalue weighted by Crippen LogP contribution is -2.43. The number of nitrogens with zero attached hydrogens (tertiary/aromatic N) is 2. The summed E-state index contributed by atoms with van der Waals surface area (Å²) >= 11 is 1.88. The number of carbonyl (C=O) groups is 3. The number of thioether (sulfide) groups is 1. The molecule has 6 nitrogen and oxygen atoms in total. The number of fused-ring (bicyclic) bond motifs is 1. The summed E-state index contributed by atoms with van der Waals surface area (Å²) in [5, 5.41) is 3.25. The molecule has 0 bridgehead atoms. The molecule has 0 spiro atoms. The Balaban J connectivity index is 1.23. The highest BCUT2D eigenvalue weighted by Crippen LogP contribution is 2.40. The predicted molar refractivity (Wildman–Crippen MR) is 144 cm³/mol. The highest BCUT2D eigenvalue weighted by Gasteiger charge is 2.42. The number of hydrogen-bond donors (Lipinski definition) is 1. The van der Waals surface area contributed by atoms with Crippen LogP contribution < -0.4 is 10.2 Å². The number of rotatable bonds is 5. The largest absolute Gasteiger partial charge is 0.353 e. The number of pyridine rings is 1. The quantitative estimate of drug-likeness (QED) is 0.542. The molecule has 1 atom stereocenters. The molecule has 1 aromatic rings. The van der Waals surface area contributed by atoms with Crippen LogP contribution in [0.5, 0.6) is 0 Å². The second kappa shape index (κ2) is 11.8. The number of ketones is 1. The SMILES string of the molecule is CC1CCC(CC(=O)NC2CCC(C3CC(=O)N(C4CCSCC4)c4ncc(F)cc4C3=O)CC2)CC1. The van der Waals surface area contributed by atoms with Crippen LogP contribution in [0.15, 0.2) is 12.3 Å². The van der Waals surface area contributed by atoms with Gasteiger partial charge in [-0.3, -0.25) is 19.3 Å². The topological polar surface area (TPSA) is 79.4 Å². The Bertz CT molecular complexity index is 998. The molecule has 2 saturated carbocycles. The van der Waals surface area contributed by atoms with Crippen molar-refractivity contribution in [3.8, 4) is 0 Å². The van der Waals surface area contributed by atoms with Gasteiger partial charge in [0, 0.05) is 30.8 Å². The number of hydrogen-bond acceptors (Lipinski definition) is 5. The average Bonchev–Trinajstić information content (AvgIpc) is 3.00. The van der Waals surface area contributed by atoms with Crippen LogP contribution in [-0.2, 0) is 9.59 Å². The van der Waals surface area contributed by atoms with E-state index in [0.717, 1.165) is 75.0 Å². The number of carbonyl (C=O) groups excluding carboxylic acids is 3. The first-order valence-corrected chi connectivity index (χ1v) is 15.4. The summed E-state index contributed by atoms with van der Waals surface area (Å²) in [6.45, 7) is 2.29. The number of aromatic nitrogens is 1. The first-order chi connectivity index (χ1) is 17.9. The van der Waals surface area contributed by atoms with E-state index >= 15 is 0 Å².